The molecule has 0 amide bonds. The number of hydrogen-bond donors (Lipinski definition) is 1. The van der Waals surface area contributed by atoms with Crippen LogP contribution in [0.15, 0.2) is 0 Å². The Morgan fingerprint density at radius 1 is 1.46 bits per heavy atom. The lowest BCUT2D eigenvalue weighted by Gasteiger charge is -2.23. The first-order valence-corrected chi connectivity index (χ1v) is 4.62. The highest BCUT2D eigenvalue weighted by Crippen LogP contribution is 2.38. The summed E-state index contributed by atoms with van der Waals surface area (Å²) in [6.45, 7) is 2.73. The Morgan fingerprint density at radius 2 is 2.00 bits per heavy atom. The van der Waals surface area contributed by atoms with Gasteiger partial charge in [-0.2, -0.15) is 0 Å². The van der Waals surface area contributed by atoms with Crippen molar-refractivity contribution in [2.24, 2.45) is 11.1 Å². The Morgan fingerprint density at radius 3 is 2.38 bits per heavy atom. The highest BCUT2D eigenvalue weighted by atomic mass is 35.5. The maximum atomic E-state index is 11.5. The van der Waals surface area contributed by atoms with Crippen molar-refractivity contribution in [3.63, 3.8) is 0 Å². The third-order valence-electron chi connectivity index (χ3n) is 2.66. The fourth-order valence-electron chi connectivity index (χ4n) is 1.83. The molecule has 0 aromatic rings. The minimum Gasteiger partial charge on any atom is -0.466 e. The van der Waals surface area contributed by atoms with Gasteiger partial charge in [0.15, 0.2) is 0 Å². The maximum absolute atomic E-state index is 11.5. The van der Waals surface area contributed by atoms with Gasteiger partial charge in [-0.05, 0) is 19.8 Å². The number of esters is 1. The van der Waals surface area contributed by atoms with Crippen LogP contribution in [0.1, 0.15) is 32.6 Å². The average molecular weight is 208 g/mol. The SMILES string of the molecule is CCOC(=O)C1(CN)CCCC1.Cl. The molecule has 1 aliphatic carbocycles. The first-order chi connectivity index (χ1) is 5.75. The minimum absolute atomic E-state index is 0. The molecule has 78 valence electrons. The Hall–Kier alpha value is -0.280. The molecule has 1 aliphatic rings. The second-order valence-corrected chi connectivity index (χ2v) is 3.41. The fraction of sp³-hybridized carbons (Fsp3) is 0.889. The van der Waals surface area contributed by atoms with E-state index in [1.54, 1.807) is 0 Å². The van der Waals surface area contributed by atoms with Gasteiger partial charge in [0.1, 0.15) is 0 Å². The molecule has 1 rings (SSSR count). The van der Waals surface area contributed by atoms with Gasteiger partial charge in [-0.3, -0.25) is 4.79 Å². The largest absolute Gasteiger partial charge is 0.466 e. The number of rotatable bonds is 3. The summed E-state index contributed by atoms with van der Waals surface area (Å²) >= 11 is 0. The number of carbonyl (C=O) groups excluding carboxylic acids is 1. The molecule has 0 heterocycles. The van der Waals surface area contributed by atoms with Crippen LogP contribution >= 0.6 is 12.4 Å². The van der Waals surface area contributed by atoms with E-state index >= 15 is 0 Å². The van der Waals surface area contributed by atoms with Crippen LogP contribution in [0.2, 0.25) is 0 Å². The summed E-state index contributed by atoms with van der Waals surface area (Å²) in [7, 11) is 0. The van der Waals surface area contributed by atoms with Crippen molar-refractivity contribution in [3.05, 3.63) is 0 Å². The van der Waals surface area contributed by atoms with Crippen LogP contribution in [0.3, 0.4) is 0 Å². The zero-order chi connectivity index (χ0) is 9.03. The van der Waals surface area contributed by atoms with Gasteiger partial charge in [0.2, 0.25) is 0 Å². The Kier molecular flexibility index (Phi) is 5.33. The van der Waals surface area contributed by atoms with E-state index in [-0.39, 0.29) is 23.8 Å². The molecule has 0 bridgehead atoms. The van der Waals surface area contributed by atoms with Crippen LogP contribution in [0.5, 0.6) is 0 Å². The van der Waals surface area contributed by atoms with E-state index in [0.717, 1.165) is 25.7 Å². The van der Waals surface area contributed by atoms with Crippen molar-refractivity contribution >= 4 is 18.4 Å². The molecule has 1 fully saturated rings. The van der Waals surface area contributed by atoms with Crippen LogP contribution in [0.25, 0.3) is 0 Å². The van der Waals surface area contributed by atoms with E-state index in [1.165, 1.54) is 0 Å². The van der Waals surface area contributed by atoms with Gasteiger partial charge < -0.3 is 10.5 Å². The van der Waals surface area contributed by atoms with E-state index in [9.17, 15) is 4.79 Å². The van der Waals surface area contributed by atoms with Crippen molar-refractivity contribution in [1.82, 2.24) is 0 Å². The lowest BCUT2D eigenvalue weighted by atomic mass is 9.86. The molecule has 0 atom stereocenters. The third kappa shape index (κ3) is 2.58. The van der Waals surface area contributed by atoms with Crippen molar-refractivity contribution in [2.45, 2.75) is 32.6 Å². The summed E-state index contributed by atoms with van der Waals surface area (Å²) in [6.07, 6.45) is 4.02. The third-order valence-corrected chi connectivity index (χ3v) is 2.66. The molecule has 0 radical (unpaired) electrons. The van der Waals surface area contributed by atoms with Crippen molar-refractivity contribution in [1.29, 1.82) is 0 Å². The second kappa shape index (κ2) is 5.45. The Balaban J connectivity index is 0.00000144. The molecular formula is C9H18ClNO2. The summed E-state index contributed by atoms with van der Waals surface area (Å²) in [4.78, 5) is 11.5. The van der Waals surface area contributed by atoms with E-state index in [4.69, 9.17) is 10.5 Å². The molecule has 0 spiro atoms. The lowest BCUT2D eigenvalue weighted by molar-refractivity contribution is -0.154. The normalized spacial score (nSPS) is 19.2. The van der Waals surface area contributed by atoms with Gasteiger partial charge in [-0.1, -0.05) is 12.8 Å². The van der Waals surface area contributed by atoms with E-state index < -0.39 is 0 Å². The smallest absolute Gasteiger partial charge is 0.313 e. The monoisotopic (exact) mass is 207 g/mol. The summed E-state index contributed by atoms with van der Waals surface area (Å²) < 4.78 is 5.00. The van der Waals surface area contributed by atoms with Gasteiger partial charge in [0.25, 0.3) is 0 Å². The second-order valence-electron chi connectivity index (χ2n) is 3.41. The van der Waals surface area contributed by atoms with Crippen LogP contribution < -0.4 is 5.73 Å². The van der Waals surface area contributed by atoms with Crippen LogP contribution in [0.4, 0.5) is 0 Å². The topological polar surface area (TPSA) is 52.3 Å². The standard InChI is InChI=1S/C9H17NO2.ClH/c1-2-12-8(11)9(7-10)5-3-4-6-9;/h2-7,10H2,1H3;1H. The van der Waals surface area contributed by atoms with E-state index in [1.807, 2.05) is 6.92 Å². The van der Waals surface area contributed by atoms with Gasteiger partial charge in [0.05, 0.1) is 12.0 Å². The van der Waals surface area contributed by atoms with Crippen molar-refractivity contribution in [2.75, 3.05) is 13.2 Å². The molecule has 0 saturated heterocycles. The van der Waals surface area contributed by atoms with Gasteiger partial charge in [0, 0.05) is 6.54 Å². The summed E-state index contributed by atoms with van der Waals surface area (Å²) in [5, 5.41) is 0. The molecule has 2 N–H and O–H groups in total. The average Bonchev–Trinajstić information content (AvgIpc) is 2.54. The zero-order valence-electron chi connectivity index (χ0n) is 8.04. The molecule has 0 unspecified atom stereocenters. The first-order valence-electron chi connectivity index (χ1n) is 4.62. The predicted molar refractivity (Wildman–Crippen MR) is 53.8 cm³/mol. The minimum atomic E-state index is -0.337. The summed E-state index contributed by atoms with van der Waals surface area (Å²) in [5.74, 6) is -0.0926. The predicted octanol–water partition coefficient (Wildman–Crippen LogP) is 1.49. The molecule has 0 aromatic heterocycles. The van der Waals surface area contributed by atoms with Gasteiger partial charge in [-0.15, -0.1) is 12.4 Å². The van der Waals surface area contributed by atoms with Crippen LogP contribution in [-0.4, -0.2) is 19.1 Å². The Bertz CT molecular complexity index is 167. The molecule has 3 nitrogen and oxygen atoms in total. The molecule has 4 heteroatoms. The van der Waals surface area contributed by atoms with Crippen molar-refractivity contribution in [3.8, 4) is 0 Å². The molecule has 13 heavy (non-hydrogen) atoms. The number of nitrogens with two attached hydrogens (primary N) is 1. The summed E-state index contributed by atoms with van der Waals surface area (Å²) in [5.41, 5.74) is 5.26. The number of halogens is 1. The molecule has 0 aliphatic heterocycles. The lowest BCUT2D eigenvalue weighted by Crippen LogP contribution is -2.37. The van der Waals surface area contributed by atoms with Crippen molar-refractivity contribution < 1.29 is 9.53 Å². The molecule has 0 aromatic carbocycles. The fourth-order valence-corrected chi connectivity index (χ4v) is 1.83. The van der Waals surface area contributed by atoms with Gasteiger partial charge >= 0.3 is 5.97 Å². The summed E-state index contributed by atoms with van der Waals surface area (Å²) in [6, 6.07) is 0. The molecular weight excluding hydrogens is 190 g/mol. The number of carbonyl (C=O) groups is 1. The van der Waals surface area contributed by atoms with E-state index in [2.05, 4.69) is 0 Å². The van der Waals surface area contributed by atoms with Crippen LogP contribution in [-0.2, 0) is 9.53 Å². The highest BCUT2D eigenvalue weighted by molar-refractivity contribution is 5.85. The highest BCUT2D eigenvalue weighted by Gasteiger charge is 2.40. The molecule has 1 saturated carbocycles. The van der Waals surface area contributed by atoms with Crippen LogP contribution in [0, 0.1) is 5.41 Å². The maximum Gasteiger partial charge on any atom is 0.313 e. The zero-order valence-corrected chi connectivity index (χ0v) is 8.86. The van der Waals surface area contributed by atoms with Gasteiger partial charge in [-0.25, -0.2) is 0 Å². The Labute approximate surface area is 85.4 Å². The van der Waals surface area contributed by atoms with E-state index in [0.29, 0.717) is 13.2 Å². The quantitative estimate of drug-likeness (QED) is 0.714. The number of ether oxygens (including phenoxy) is 1. The number of hydrogen-bond acceptors (Lipinski definition) is 3. The first kappa shape index (κ1) is 12.7.